The summed E-state index contributed by atoms with van der Waals surface area (Å²) in [7, 11) is 1.61. The fraction of sp³-hybridized carbons (Fsp3) is 0.391. The lowest BCUT2D eigenvalue weighted by Gasteiger charge is -2.35. The van der Waals surface area contributed by atoms with Gasteiger partial charge in [0, 0.05) is 38.2 Å². The first-order valence-electron chi connectivity index (χ1n) is 9.94. The lowest BCUT2D eigenvalue weighted by atomic mass is 9.97. The Hall–Kier alpha value is -2.82. The fourth-order valence-electron chi connectivity index (χ4n) is 4.27. The van der Waals surface area contributed by atoms with Gasteiger partial charge in [-0.3, -0.25) is 9.59 Å². The van der Waals surface area contributed by atoms with Crippen molar-refractivity contribution in [1.82, 2.24) is 9.80 Å². The molecule has 0 radical (unpaired) electrons. The summed E-state index contributed by atoms with van der Waals surface area (Å²) in [4.78, 5) is 29.2. The quantitative estimate of drug-likeness (QED) is 0.821. The summed E-state index contributed by atoms with van der Waals surface area (Å²) < 4.78 is 5.14. The molecule has 5 heteroatoms. The SMILES string of the molecule is COc1ccc(C(=O)N2CCN(C(=O)C[C@H]3CCc4ccccc43)CC2)cc1. The number of piperazine rings is 1. The van der Waals surface area contributed by atoms with Crippen molar-refractivity contribution in [2.24, 2.45) is 0 Å². The molecule has 2 aromatic rings. The van der Waals surface area contributed by atoms with Crippen LogP contribution in [-0.2, 0) is 11.2 Å². The Morgan fingerprint density at radius 3 is 2.36 bits per heavy atom. The predicted molar refractivity (Wildman–Crippen MR) is 108 cm³/mol. The van der Waals surface area contributed by atoms with Crippen molar-refractivity contribution >= 4 is 11.8 Å². The zero-order valence-corrected chi connectivity index (χ0v) is 16.3. The molecule has 1 saturated heterocycles. The van der Waals surface area contributed by atoms with Crippen LogP contribution in [0.3, 0.4) is 0 Å². The lowest BCUT2D eigenvalue weighted by molar-refractivity contribution is -0.133. The lowest BCUT2D eigenvalue weighted by Crippen LogP contribution is -2.50. The molecule has 0 bridgehead atoms. The number of aryl methyl sites for hydroxylation is 1. The number of amides is 2. The highest BCUT2D eigenvalue weighted by Crippen LogP contribution is 2.35. The third-order valence-electron chi connectivity index (χ3n) is 5.93. The van der Waals surface area contributed by atoms with Crippen molar-refractivity contribution in [1.29, 1.82) is 0 Å². The van der Waals surface area contributed by atoms with Crippen LogP contribution in [0, 0.1) is 0 Å². The van der Waals surface area contributed by atoms with Crippen LogP contribution in [0.5, 0.6) is 5.75 Å². The molecule has 2 amide bonds. The summed E-state index contributed by atoms with van der Waals surface area (Å²) in [6, 6.07) is 15.6. The van der Waals surface area contributed by atoms with Crippen LogP contribution >= 0.6 is 0 Å². The Balaban J connectivity index is 1.31. The van der Waals surface area contributed by atoms with Crippen molar-refractivity contribution in [3.63, 3.8) is 0 Å². The minimum Gasteiger partial charge on any atom is -0.497 e. The maximum atomic E-state index is 12.8. The van der Waals surface area contributed by atoms with E-state index in [0.29, 0.717) is 44.1 Å². The first kappa shape index (κ1) is 18.5. The summed E-state index contributed by atoms with van der Waals surface area (Å²) in [5.41, 5.74) is 3.38. The Bertz CT molecular complexity index is 854. The smallest absolute Gasteiger partial charge is 0.253 e. The van der Waals surface area contributed by atoms with E-state index in [1.165, 1.54) is 11.1 Å². The average molecular weight is 378 g/mol. The molecular formula is C23H26N2O3. The number of nitrogens with zero attached hydrogens (tertiary/aromatic N) is 2. The fourth-order valence-corrected chi connectivity index (χ4v) is 4.27. The summed E-state index contributed by atoms with van der Waals surface area (Å²) in [6.07, 6.45) is 2.70. The van der Waals surface area contributed by atoms with E-state index in [4.69, 9.17) is 4.74 Å². The summed E-state index contributed by atoms with van der Waals surface area (Å²) in [5.74, 6) is 1.29. The van der Waals surface area contributed by atoms with E-state index in [0.717, 1.165) is 18.6 Å². The maximum Gasteiger partial charge on any atom is 0.253 e. The van der Waals surface area contributed by atoms with E-state index in [1.54, 1.807) is 31.4 Å². The van der Waals surface area contributed by atoms with Gasteiger partial charge >= 0.3 is 0 Å². The first-order chi connectivity index (χ1) is 13.7. The van der Waals surface area contributed by atoms with Gasteiger partial charge in [-0.2, -0.15) is 0 Å². The van der Waals surface area contributed by atoms with Crippen LogP contribution in [0.4, 0.5) is 0 Å². The van der Waals surface area contributed by atoms with Gasteiger partial charge in [0.25, 0.3) is 5.91 Å². The number of rotatable bonds is 4. The monoisotopic (exact) mass is 378 g/mol. The summed E-state index contributed by atoms with van der Waals surface area (Å²) in [5, 5.41) is 0. The van der Waals surface area contributed by atoms with E-state index in [9.17, 15) is 9.59 Å². The Kier molecular flexibility index (Phi) is 5.33. The molecule has 0 N–H and O–H groups in total. The highest BCUT2D eigenvalue weighted by atomic mass is 16.5. The molecule has 4 rings (SSSR count). The molecule has 0 spiro atoms. The van der Waals surface area contributed by atoms with E-state index >= 15 is 0 Å². The third kappa shape index (κ3) is 3.75. The molecule has 146 valence electrons. The highest BCUT2D eigenvalue weighted by molar-refractivity contribution is 5.94. The van der Waals surface area contributed by atoms with Crippen LogP contribution in [0.1, 0.15) is 40.2 Å². The first-order valence-corrected chi connectivity index (χ1v) is 9.94. The van der Waals surface area contributed by atoms with Gasteiger partial charge in [-0.15, -0.1) is 0 Å². The molecule has 1 aliphatic carbocycles. The van der Waals surface area contributed by atoms with Gasteiger partial charge in [0.1, 0.15) is 5.75 Å². The normalized spacial score (nSPS) is 18.7. The van der Waals surface area contributed by atoms with E-state index in [1.807, 2.05) is 9.80 Å². The molecule has 1 atom stereocenters. The second-order valence-electron chi connectivity index (χ2n) is 7.54. The largest absolute Gasteiger partial charge is 0.497 e. The third-order valence-corrected chi connectivity index (χ3v) is 5.93. The molecule has 5 nitrogen and oxygen atoms in total. The minimum atomic E-state index is 0.0134. The van der Waals surface area contributed by atoms with Crippen molar-refractivity contribution in [2.75, 3.05) is 33.3 Å². The molecule has 0 saturated carbocycles. The molecule has 2 aromatic carbocycles. The molecule has 0 aromatic heterocycles. The number of benzene rings is 2. The van der Waals surface area contributed by atoms with Gasteiger partial charge in [0.2, 0.25) is 5.91 Å². The number of carbonyl (C=O) groups is 2. The Morgan fingerprint density at radius 1 is 0.964 bits per heavy atom. The van der Waals surface area contributed by atoms with Crippen molar-refractivity contribution in [3.8, 4) is 5.75 Å². The number of hydrogen-bond donors (Lipinski definition) is 0. The minimum absolute atomic E-state index is 0.0134. The van der Waals surface area contributed by atoms with E-state index in [2.05, 4.69) is 24.3 Å². The second kappa shape index (κ2) is 8.05. The van der Waals surface area contributed by atoms with Crippen molar-refractivity contribution in [3.05, 3.63) is 65.2 Å². The van der Waals surface area contributed by atoms with Gasteiger partial charge in [-0.1, -0.05) is 24.3 Å². The maximum absolute atomic E-state index is 12.8. The van der Waals surface area contributed by atoms with E-state index < -0.39 is 0 Å². The molecule has 1 fully saturated rings. The molecule has 0 unspecified atom stereocenters. The van der Waals surface area contributed by atoms with Crippen molar-refractivity contribution < 1.29 is 14.3 Å². The van der Waals surface area contributed by atoms with Gasteiger partial charge in [-0.05, 0) is 54.2 Å². The molecule has 2 aliphatic rings. The number of methoxy groups -OCH3 is 1. The molecule has 28 heavy (non-hydrogen) atoms. The summed E-state index contributed by atoms with van der Waals surface area (Å²) >= 11 is 0. The molecular weight excluding hydrogens is 352 g/mol. The van der Waals surface area contributed by atoms with Crippen LogP contribution < -0.4 is 4.74 Å². The number of ether oxygens (including phenoxy) is 1. The number of fused-ring (bicyclic) bond motifs is 1. The molecule has 1 heterocycles. The zero-order chi connectivity index (χ0) is 19.5. The Labute approximate surface area is 165 Å². The van der Waals surface area contributed by atoms with E-state index in [-0.39, 0.29) is 11.8 Å². The van der Waals surface area contributed by atoms with Crippen LogP contribution in [0.15, 0.2) is 48.5 Å². The summed E-state index contributed by atoms with van der Waals surface area (Å²) in [6.45, 7) is 2.37. The van der Waals surface area contributed by atoms with Gasteiger partial charge in [0.15, 0.2) is 0 Å². The number of hydrogen-bond acceptors (Lipinski definition) is 3. The van der Waals surface area contributed by atoms with Crippen LogP contribution in [0.2, 0.25) is 0 Å². The van der Waals surface area contributed by atoms with Gasteiger partial charge in [0.05, 0.1) is 7.11 Å². The van der Waals surface area contributed by atoms with Gasteiger partial charge in [-0.25, -0.2) is 0 Å². The average Bonchev–Trinajstić information content (AvgIpc) is 3.16. The predicted octanol–water partition coefficient (Wildman–Crippen LogP) is 3.10. The second-order valence-corrected chi connectivity index (χ2v) is 7.54. The van der Waals surface area contributed by atoms with Crippen molar-refractivity contribution in [2.45, 2.75) is 25.2 Å². The highest BCUT2D eigenvalue weighted by Gasteiger charge is 2.29. The topological polar surface area (TPSA) is 49.9 Å². The van der Waals surface area contributed by atoms with Gasteiger partial charge < -0.3 is 14.5 Å². The van der Waals surface area contributed by atoms with Crippen LogP contribution in [-0.4, -0.2) is 54.9 Å². The molecule has 1 aliphatic heterocycles. The number of carbonyl (C=O) groups excluding carboxylic acids is 2. The van der Waals surface area contributed by atoms with Crippen LogP contribution in [0.25, 0.3) is 0 Å². The standard InChI is InChI=1S/C23H26N2O3/c1-28-20-10-8-18(9-11-20)23(27)25-14-12-24(13-15-25)22(26)16-19-7-6-17-4-2-3-5-21(17)19/h2-5,8-11,19H,6-7,12-16H2,1H3/t19-/m1/s1. The Morgan fingerprint density at radius 2 is 1.64 bits per heavy atom. The zero-order valence-electron chi connectivity index (χ0n) is 16.3.